The number of benzene rings is 1. The van der Waals surface area contributed by atoms with E-state index in [0.717, 1.165) is 31.2 Å². The van der Waals surface area contributed by atoms with E-state index in [1.54, 1.807) is 12.2 Å². The van der Waals surface area contributed by atoms with Crippen LogP contribution in [0.15, 0.2) is 38.6 Å². The summed E-state index contributed by atoms with van der Waals surface area (Å²) in [5.41, 5.74) is 0.790. The van der Waals surface area contributed by atoms with E-state index in [1.165, 1.54) is 7.05 Å². The number of thioether (sulfide) groups is 1. The number of hydrogen-bond donors (Lipinski definition) is 0. The second-order valence-corrected chi connectivity index (χ2v) is 6.86. The van der Waals surface area contributed by atoms with Gasteiger partial charge in [0.05, 0.1) is 13.9 Å². The fourth-order valence-electron chi connectivity index (χ4n) is 1.64. The summed E-state index contributed by atoms with van der Waals surface area (Å²) in [7, 11) is 1.47. The Morgan fingerprint density at radius 3 is 2.43 bits per heavy atom. The summed E-state index contributed by atoms with van der Waals surface area (Å²) in [6.45, 7) is 4.00. The van der Waals surface area contributed by atoms with Crippen molar-refractivity contribution in [3.63, 3.8) is 0 Å². The minimum Gasteiger partial charge on any atom is -0.487 e. The molecule has 0 N–H and O–H groups in total. The number of halogens is 2. The Hall–Kier alpha value is -1.05. The van der Waals surface area contributed by atoms with E-state index >= 15 is 0 Å². The van der Waals surface area contributed by atoms with E-state index < -0.39 is 0 Å². The molecular weight excluding hydrogens is 422 g/mol. The van der Waals surface area contributed by atoms with Crippen molar-refractivity contribution in [2.45, 2.75) is 0 Å². The summed E-state index contributed by atoms with van der Waals surface area (Å²) >= 11 is 7.79. The van der Waals surface area contributed by atoms with Crippen LogP contribution in [0.25, 0.3) is 6.08 Å². The van der Waals surface area contributed by atoms with Gasteiger partial charge < -0.3 is 4.74 Å². The summed E-state index contributed by atoms with van der Waals surface area (Å²) in [6, 6.07) is 3.65. The average molecular weight is 433 g/mol. The van der Waals surface area contributed by atoms with Gasteiger partial charge in [0, 0.05) is 7.05 Å². The zero-order valence-corrected chi connectivity index (χ0v) is 15.0. The zero-order valence-electron chi connectivity index (χ0n) is 11.1. The van der Waals surface area contributed by atoms with Crippen LogP contribution in [-0.2, 0) is 4.79 Å². The van der Waals surface area contributed by atoms with Gasteiger partial charge in [-0.1, -0.05) is 12.7 Å². The molecule has 0 unspecified atom stereocenters. The van der Waals surface area contributed by atoms with E-state index in [2.05, 4.69) is 38.4 Å². The highest BCUT2D eigenvalue weighted by molar-refractivity contribution is 9.11. The second-order valence-electron chi connectivity index (χ2n) is 4.15. The smallest absolute Gasteiger partial charge is 0.293 e. The van der Waals surface area contributed by atoms with Crippen molar-refractivity contribution in [1.29, 1.82) is 0 Å². The van der Waals surface area contributed by atoms with Crippen molar-refractivity contribution in [2.75, 3.05) is 13.7 Å². The van der Waals surface area contributed by atoms with Crippen LogP contribution < -0.4 is 4.74 Å². The quantitative estimate of drug-likeness (QED) is 0.521. The van der Waals surface area contributed by atoms with Crippen LogP contribution in [0, 0.1) is 0 Å². The third-order valence-electron chi connectivity index (χ3n) is 2.65. The van der Waals surface area contributed by atoms with Crippen molar-refractivity contribution in [2.24, 2.45) is 0 Å². The number of rotatable bonds is 4. The molecule has 7 heteroatoms. The lowest BCUT2D eigenvalue weighted by Crippen LogP contribution is -2.22. The van der Waals surface area contributed by atoms with Crippen LogP contribution in [0.2, 0.25) is 0 Å². The maximum atomic E-state index is 11.9. The fourth-order valence-corrected chi connectivity index (χ4v) is 3.92. The Balaban J connectivity index is 2.32. The molecule has 1 fully saturated rings. The molecule has 4 nitrogen and oxygen atoms in total. The molecule has 0 saturated carbocycles. The Bertz CT molecular complexity index is 635. The minimum absolute atomic E-state index is 0.268. The third kappa shape index (κ3) is 3.59. The van der Waals surface area contributed by atoms with Crippen LogP contribution in [0.3, 0.4) is 0 Å². The predicted molar refractivity (Wildman–Crippen MR) is 91.3 cm³/mol. The number of imide groups is 1. The fraction of sp³-hybridized carbons (Fsp3) is 0.143. The van der Waals surface area contributed by atoms with Gasteiger partial charge in [-0.25, -0.2) is 0 Å². The van der Waals surface area contributed by atoms with Gasteiger partial charge in [0.25, 0.3) is 11.1 Å². The van der Waals surface area contributed by atoms with Crippen LogP contribution in [0.4, 0.5) is 4.79 Å². The first-order valence-corrected chi connectivity index (χ1v) is 8.28. The van der Waals surface area contributed by atoms with Crippen LogP contribution in [0.1, 0.15) is 5.56 Å². The largest absolute Gasteiger partial charge is 0.487 e. The van der Waals surface area contributed by atoms with Crippen molar-refractivity contribution in [1.82, 2.24) is 4.90 Å². The molecule has 0 bridgehead atoms. The van der Waals surface area contributed by atoms with Crippen LogP contribution >= 0.6 is 43.6 Å². The molecule has 1 aromatic carbocycles. The van der Waals surface area contributed by atoms with Gasteiger partial charge in [-0.15, -0.1) is 0 Å². The van der Waals surface area contributed by atoms with Gasteiger partial charge >= 0.3 is 0 Å². The first-order chi connectivity index (χ1) is 9.93. The first-order valence-electron chi connectivity index (χ1n) is 5.88. The lowest BCUT2D eigenvalue weighted by molar-refractivity contribution is -0.121. The molecule has 0 aliphatic carbocycles. The average Bonchev–Trinajstić information content (AvgIpc) is 2.65. The summed E-state index contributed by atoms with van der Waals surface area (Å²) in [6.07, 6.45) is 3.34. The molecule has 0 atom stereocenters. The van der Waals surface area contributed by atoms with Gasteiger partial charge in [-0.05, 0) is 67.4 Å². The molecule has 1 aliphatic heterocycles. The Morgan fingerprint density at radius 1 is 1.33 bits per heavy atom. The van der Waals surface area contributed by atoms with Gasteiger partial charge in [0.1, 0.15) is 12.4 Å². The van der Waals surface area contributed by atoms with E-state index in [1.807, 2.05) is 12.1 Å². The first kappa shape index (κ1) is 16.3. The topological polar surface area (TPSA) is 46.6 Å². The Morgan fingerprint density at radius 2 is 1.95 bits per heavy atom. The monoisotopic (exact) mass is 431 g/mol. The number of ether oxygens (including phenoxy) is 1. The molecule has 1 heterocycles. The molecule has 0 aromatic heterocycles. The summed E-state index contributed by atoms with van der Waals surface area (Å²) in [5, 5.41) is -0.268. The standard InChI is InChI=1S/C14H11Br2NO3S/c1-3-4-20-12-9(15)5-8(6-10(12)16)7-11-13(18)17(2)14(19)21-11/h3,5-7H,1,4H2,2H3/b11-7+. The molecule has 0 radical (unpaired) electrons. The van der Waals surface area contributed by atoms with Crippen LogP contribution in [-0.4, -0.2) is 29.7 Å². The Kier molecular flexibility index (Phi) is 5.29. The van der Waals surface area contributed by atoms with Crippen LogP contribution in [0.5, 0.6) is 5.75 Å². The molecule has 1 aromatic rings. The van der Waals surface area contributed by atoms with Crippen molar-refractivity contribution >= 4 is 60.8 Å². The maximum Gasteiger partial charge on any atom is 0.293 e. The lowest BCUT2D eigenvalue weighted by Gasteiger charge is -2.09. The van der Waals surface area contributed by atoms with Gasteiger partial charge in [-0.3, -0.25) is 14.5 Å². The number of nitrogens with zero attached hydrogens (tertiary/aromatic N) is 1. The second kappa shape index (κ2) is 6.81. The molecular formula is C14H11Br2NO3S. The van der Waals surface area contributed by atoms with Gasteiger partial charge in [-0.2, -0.15) is 0 Å². The SMILES string of the molecule is C=CCOc1c(Br)cc(/C=C2/SC(=O)N(C)C2=O)cc1Br. The van der Waals surface area contributed by atoms with Crippen molar-refractivity contribution in [3.8, 4) is 5.75 Å². The molecule has 2 rings (SSSR count). The summed E-state index contributed by atoms with van der Waals surface area (Å²) in [5.74, 6) is 0.375. The molecule has 1 aliphatic rings. The van der Waals surface area contributed by atoms with Crippen molar-refractivity contribution < 1.29 is 14.3 Å². The maximum absolute atomic E-state index is 11.9. The summed E-state index contributed by atoms with van der Waals surface area (Å²) < 4.78 is 7.03. The van der Waals surface area contributed by atoms with E-state index in [0.29, 0.717) is 17.3 Å². The Labute approximate surface area is 143 Å². The zero-order chi connectivity index (χ0) is 15.6. The highest BCUT2D eigenvalue weighted by Gasteiger charge is 2.31. The predicted octanol–water partition coefficient (Wildman–Crippen LogP) is 4.44. The highest BCUT2D eigenvalue weighted by Crippen LogP contribution is 2.37. The van der Waals surface area contributed by atoms with Crippen molar-refractivity contribution in [3.05, 3.63) is 44.2 Å². The van der Waals surface area contributed by atoms with E-state index in [-0.39, 0.29) is 11.1 Å². The molecule has 110 valence electrons. The lowest BCUT2D eigenvalue weighted by atomic mass is 10.2. The number of carbonyl (C=O) groups is 2. The van der Waals surface area contributed by atoms with E-state index in [9.17, 15) is 9.59 Å². The molecule has 0 spiro atoms. The summed E-state index contributed by atoms with van der Waals surface area (Å²) in [4.78, 5) is 24.8. The number of amides is 2. The third-order valence-corrected chi connectivity index (χ3v) is 4.79. The van der Waals surface area contributed by atoms with Gasteiger partial charge in [0.2, 0.25) is 0 Å². The molecule has 21 heavy (non-hydrogen) atoms. The number of carbonyl (C=O) groups excluding carboxylic acids is 2. The normalized spacial score (nSPS) is 16.7. The highest BCUT2D eigenvalue weighted by atomic mass is 79.9. The minimum atomic E-state index is -0.288. The molecule has 2 amide bonds. The van der Waals surface area contributed by atoms with E-state index in [4.69, 9.17) is 4.74 Å². The number of likely N-dealkylation sites (N-methyl/N-ethyl adjacent to an activating group) is 1. The number of hydrogen-bond acceptors (Lipinski definition) is 4. The molecule has 1 saturated heterocycles. The van der Waals surface area contributed by atoms with Gasteiger partial charge in [0.15, 0.2) is 0 Å².